The topological polar surface area (TPSA) is 69.7 Å². The van der Waals surface area contributed by atoms with E-state index in [1.807, 2.05) is 60.7 Å². The molecular weight excluding hydrogens is 402 g/mol. The molecule has 6 nitrogen and oxygen atoms in total. The van der Waals surface area contributed by atoms with Crippen LogP contribution >= 0.6 is 0 Å². The molecule has 0 saturated heterocycles. The summed E-state index contributed by atoms with van der Waals surface area (Å²) in [5.74, 6) is 0.742. The highest BCUT2D eigenvalue weighted by Gasteiger charge is 2.16. The number of rotatable bonds is 6. The number of fused-ring (bicyclic) bond motifs is 1. The third-order valence-electron chi connectivity index (χ3n) is 5.25. The van der Waals surface area contributed by atoms with Crippen LogP contribution in [0.3, 0.4) is 0 Å². The molecule has 156 valence electrons. The van der Waals surface area contributed by atoms with Gasteiger partial charge in [0.2, 0.25) is 0 Å². The van der Waals surface area contributed by atoms with Crippen molar-refractivity contribution in [1.82, 2.24) is 9.38 Å². The fraction of sp³-hybridized carbons (Fsp3) is 0.0385. The smallest absolute Gasteiger partial charge is 0.286 e. The van der Waals surface area contributed by atoms with Gasteiger partial charge in [-0.25, -0.2) is 4.98 Å². The quantitative estimate of drug-likeness (QED) is 0.246. The lowest BCUT2D eigenvalue weighted by atomic mass is 10.0. The third kappa shape index (κ3) is 3.94. The van der Waals surface area contributed by atoms with Crippen LogP contribution in [-0.2, 0) is 0 Å². The van der Waals surface area contributed by atoms with Gasteiger partial charge in [-0.15, -0.1) is 0 Å². The molecule has 5 aromatic rings. The van der Waals surface area contributed by atoms with E-state index in [0.717, 1.165) is 28.1 Å². The molecular formula is C26H19N3O3. The zero-order valence-corrected chi connectivity index (χ0v) is 17.0. The van der Waals surface area contributed by atoms with E-state index in [1.54, 1.807) is 16.7 Å². The van der Waals surface area contributed by atoms with Crippen LogP contribution in [0, 0.1) is 10.1 Å². The predicted molar refractivity (Wildman–Crippen MR) is 123 cm³/mol. The van der Waals surface area contributed by atoms with Crippen LogP contribution in [-0.4, -0.2) is 14.3 Å². The Morgan fingerprint density at radius 3 is 2.00 bits per heavy atom. The van der Waals surface area contributed by atoms with E-state index in [-0.39, 0.29) is 11.8 Å². The maximum atomic E-state index is 11.0. The Balaban J connectivity index is 1.42. The molecule has 5 rings (SSSR count). The number of ether oxygens (including phenoxy) is 1. The Morgan fingerprint density at radius 2 is 1.41 bits per heavy atom. The first kappa shape index (κ1) is 19.5. The molecule has 2 aromatic heterocycles. The van der Waals surface area contributed by atoms with Crippen LogP contribution in [0.1, 0.15) is 17.2 Å². The summed E-state index contributed by atoms with van der Waals surface area (Å²) in [4.78, 5) is 15.2. The first-order valence-corrected chi connectivity index (χ1v) is 10.2. The van der Waals surface area contributed by atoms with Gasteiger partial charge >= 0.3 is 0 Å². The van der Waals surface area contributed by atoms with Gasteiger partial charge in [0.15, 0.2) is 0 Å². The van der Waals surface area contributed by atoms with Gasteiger partial charge in [-0.1, -0.05) is 60.7 Å². The molecule has 0 aliphatic carbocycles. The van der Waals surface area contributed by atoms with Crippen LogP contribution in [0.25, 0.3) is 16.9 Å². The molecule has 0 spiro atoms. The van der Waals surface area contributed by atoms with Crippen LogP contribution in [0.4, 0.5) is 5.69 Å². The lowest BCUT2D eigenvalue weighted by Crippen LogP contribution is -2.09. The highest BCUT2D eigenvalue weighted by molar-refractivity contribution is 5.64. The Hall–Kier alpha value is -4.45. The van der Waals surface area contributed by atoms with E-state index < -0.39 is 4.92 Å². The van der Waals surface area contributed by atoms with Gasteiger partial charge in [0, 0.05) is 17.8 Å². The molecule has 3 aromatic carbocycles. The third-order valence-corrected chi connectivity index (χ3v) is 5.25. The molecule has 0 atom stereocenters. The molecule has 0 radical (unpaired) electrons. The molecule has 0 aliphatic rings. The van der Waals surface area contributed by atoms with Crippen molar-refractivity contribution in [2.45, 2.75) is 6.10 Å². The minimum Gasteiger partial charge on any atom is -0.481 e. The second kappa shape index (κ2) is 8.35. The number of imidazole rings is 1. The van der Waals surface area contributed by atoms with Crippen molar-refractivity contribution in [3.05, 3.63) is 131 Å². The van der Waals surface area contributed by atoms with Crippen molar-refractivity contribution < 1.29 is 9.66 Å². The second-order valence-corrected chi connectivity index (χ2v) is 7.38. The molecule has 0 unspecified atom stereocenters. The fourth-order valence-corrected chi connectivity index (χ4v) is 3.65. The molecule has 6 heteroatoms. The first-order chi connectivity index (χ1) is 15.7. The predicted octanol–water partition coefficient (Wildman–Crippen LogP) is 6.08. The van der Waals surface area contributed by atoms with Crippen molar-refractivity contribution in [2.24, 2.45) is 0 Å². The maximum absolute atomic E-state index is 11.0. The molecule has 0 N–H and O–H groups in total. The fourth-order valence-electron chi connectivity index (χ4n) is 3.65. The van der Waals surface area contributed by atoms with Crippen molar-refractivity contribution in [2.75, 3.05) is 0 Å². The summed E-state index contributed by atoms with van der Waals surface area (Å²) in [7, 11) is 0. The van der Waals surface area contributed by atoms with Crippen LogP contribution in [0.2, 0.25) is 0 Å². The highest BCUT2D eigenvalue weighted by Crippen LogP contribution is 2.30. The minimum absolute atomic E-state index is 0.0260. The first-order valence-electron chi connectivity index (χ1n) is 10.2. The van der Waals surface area contributed by atoms with Gasteiger partial charge in [-0.2, -0.15) is 0 Å². The summed E-state index contributed by atoms with van der Waals surface area (Å²) >= 11 is 0. The summed E-state index contributed by atoms with van der Waals surface area (Å²) in [5, 5.41) is 11.0. The van der Waals surface area contributed by atoms with Gasteiger partial charge in [-0.05, 0) is 41.5 Å². The number of hydrogen-bond donors (Lipinski definition) is 0. The van der Waals surface area contributed by atoms with Crippen molar-refractivity contribution in [3.8, 4) is 17.0 Å². The van der Waals surface area contributed by atoms with Crippen molar-refractivity contribution in [3.63, 3.8) is 0 Å². The van der Waals surface area contributed by atoms with E-state index >= 15 is 0 Å². The zero-order valence-electron chi connectivity index (χ0n) is 17.0. The van der Waals surface area contributed by atoms with Crippen LogP contribution < -0.4 is 4.74 Å². The second-order valence-electron chi connectivity index (χ2n) is 7.38. The number of nitrogens with zero attached hydrogens (tertiary/aromatic N) is 3. The van der Waals surface area contributed by atoms with Gasteiger partial charge in [0.05, 0.1) is 16.8 Å². The summed E-state index contributed by atoms with van der Waals surface area (Å²) < 4.78 is 8.04. The normalized spacial score (nSPS) is 11.0. The molecule has 0 bridgehead atoms. The van der Waals surface area contributed by atoms with Gasteiger partial charge < -0.3 is 4.74 Å². The Bertz CT molecular complexity index is 1320. The molecule has 32 heavy (non-hydrogen) atoms. The summed E-state index contributed by atoms with van der Waals surface area (Å²) in [6.45, 7) is 0. The standard InChI is InChI=1S/C26H19N3O3/c30-29(31)22-13-16-25-27-24(18-28(25)17-22)19-11-14-23(15-12-19)32-26(20-7-3-1-4-8-20)21-9-5-2-6-10-21/h1-18,26H. The average molecular weight is 421 g/mol. The van der Waals surface area contributed by atoms with Crippen LogP contribution in [0.5, 0.6) is 5.75 Å². The maximum Gasteiger partial charge on any atom is 0.286 e. The van der Waals surface area contributed by atoms with Crippen LogP contribution in [0.15, 0.2) is 109 Å². The number of nitro groups is 1. The lowest BCUT2D eigenvalue weighted by molar-refractivity contribution is -0.385. The SMILES string of the molecule is O=[N+]([O-])c1ccc2nc(-c3ccc(OC(c4ccccc4)c4ccccc4)cc3)cn2c1. The molecule has 0 aliphatic heterocycles. The number of pyridine rings is 1. The average Bonchev–Trinajstić information content (AvgIpc) is 3.27. The highest BCUT2D eigenvalue weighted by atomic mass is 16.6. The van der Waals surface area contributed by atoms with Gasteiger partial charge in [0.25, 0.3) is 5.69 Å². The minimum atomic E-state index is -0.416. The Kier molecular flexibility index (Phi) is 5.09. The largest absolute Gasteiger partial charge is 0.481 e. The van der Waals surface area contributed by atoms with E-state index in [4.69, 9.17) is 4.74 Å². The lowest BCUT2D eigenvalue weighted by Gasteiger charge is -2.20. The van der Waals surface area contributed by atoms with Gasteiger partial charge in [-0.3, -0.25) is 14.5 Å². The summed E-state index contributed by atoms with van der Waals surface area (Å²) in [5.41, 5.74) is 4.46. The Labute approximate surface area is 184 Å². The summed E-state index contributed by atoms with van der Waals surface area (Å²) in [6.07, 6.45) is 3.03. The van der Waals surface area contributed by atoms with Crippen molar-refractivity contribution in [1.29, 1.82) is 0 Å². The van der Waals surface area contributed by atoms with Gasteiger partial charge in [0.1, 0.15) is 17.5 Å². The molecule has 0 saturated carbocycles. The van der Waals surface area contributed by atoms with E-state index in [0.29, 0.717) is 5.65 Å². The summed E-state index contributed by atoms with van der Waals surface area (Å²) in [6, 6.07) is 31.0. The molecule has 0 amide bonds. The number of benzene rings is 3. The Morgan fingerprint density at radius 1 is 0.781 bits per heavy atom. The number of hydrogen-bond acceptors (Lipinski definition) is 4. The monoisotopic (exact) mass is 421 g/mol. The zero-order chi connectivity index (χ0) is 21.9. The number of aromatic nitrogens is 2. The van der Waals surface area contributed by atoms with E-state index in [2.05, 4.69) is 29.2 Å². The molecule has 0 fully saturated rings. The molecule has 2 heterocycles. The van der Waals surface area contributed by atoms with E-state index in [1.165, 1.54) is 12.3 Å². The van der Waals surface area contributed by atoms with E-state index in [9.17, 15) is 10.1 Å². The van der Waals surface area contributed by atoms with Crippen molar-refractivity contribution >= 4 is 11.3 Å².